The molecule has 0 unspecified atom stereocenters. The predicted molar refractivity (Wildman–Crippen MR) is 68.8 cm³/mol. The second kappa shape index (κ2) is 5.74. The molecule has 1 aromatic carbocycles. The molecular formula is C15H20O. The van der Waals surface area contributed by atoms with Crippen LogP contribution in [0.2, 0.25) is 0 Å². The average molecular weight is 216 g/mol. The fourth-order valence-corrected chi connectivity index (χ4v) is 2.04. The van der Waals surface area contributed by atoms with E-state index in [0.29, 0.717) is 0 Å². The summed E-state index contributed by atoms with van der Waals surface area (Å²) in [7, 11) is 0. The highest BCUT2D eigenvalue weighted by atomic mass is 16.5. The Morgan fingerprint density at radius 3 is 3.06 bits per heavy atom. The van der Waals surface area contributed by atoms with E-state index in [2.05, 4.69) is 37.3 Å². The van der Waals surface area contributed by atoms with Crippen molar-refractivity contribution in [1.82, 2.24) is 0 Å². The molecule has 0 saturated heterocycles. The molecule has 1 aliphatic carbocycles. The maximum Gasteiger partial charge on any atom is 0.119 e. The predicted octanol–water partition coefficient (Wildman–Crippen LogP) is 4.22. The summed E-state index contributed by atoms with van der Waals surface area (Å²) in [5.41, 5.74) is 2.78. The highest BCUT2D eigenvalue weighted by Crippen LogP contribution is 2.24. The van der Waals surface area contributed by atoms with E-state index in [0.717, 1.165) is 18.8 Å². The number of ether oxygens (including phenoxy) is 1. The van der Waals surface area contributed by atoms with Gasteiger partial charge < -0.3 is 4.74 Å². The topological polar surface area (TPSA) is 9.23 Å². The van der Waals surface area contributed by atoms with Gasteiger partial charge in [0.15, 0.2) is 0 Å². The van der Waals surface area contributed by atoms with Crippen LogP contribution < -0.4 is 4.74 Å². The molecule has 0 spiro atoms. The van der Waals surface area contributed by atoms with Gasteiger partial charge in [0.05, 0.1) is 6.61 Å². The van der Waals surface area contributed by atoms with Gasteiger partial charge in [-0.15, -0.1) is 0 Å². The van der Waals surface area contributed by atoms with Crippen molar-refractivity contribution in [3.8, 4) is 5.75 Å². The summed E-state index contributed by atoms with van der Waals surface area (Å²) in [6, 6.07) is 6.47. The molecule has 0 radical (unpaired) electrons. The van der Waals surface area contributed by atoms with E-state index < -0.39 is 0 Å². The first-order chi connectivity index (χ1) is 7.90. The molecule has 86 valence electrons. The maximum absolute atomic E-state index is 5.74. The van der Waals surface area contributed by atoms with E-state index in [-0.39, 0.29) is 0 Å². The van der Waals surface area contributed by atoms with Crippen LogP contribution in [0.25, 0.3) is 6.08 Å². The lowest BCUT2D eigenvalue weighted by molar-refractivity contribution is 0.306. The van der Waals surface area contributed by atoms with Gasteiger partial charge in [-0.3, -0.25) is 0 Å². The minimum atomic E-state index is 0.844. The summed E-state index contributed by atoms with van der Waals surface area (Å²) >= 11 is 0. The summed E-state index contributed by atoms with van der Waals surface area (Å²) in [6.45, 7) is 3.06. The zero-order valence-corrected chi connectivity index (χ0v) is 10.0. The fourth-order valence-electron chi connectivity index (χ4n) is 2.04. The first-order valence-electron chi connectivity index (χ1n) is 6.32. The minimum absolute atomic E-state index is 0.844. The van der Waals surface area contributed by atoms with Crippen molar-refractivity contribution >= 4 is 6.08 Å². The number of fused-ring (bicyclic) bond motifs is 1. The van der Waals surface area contributed by atoms with Crippen molar-refractivity contribution in [2.75, 3.05) is 6.61 Å². The summed E-state index contributed by atoms with van der Waals surface area (Å²) in [6.07, 6.45) is 10.4. The number of aryl methyl sites for hydroxylation is 1. The van der Waals surface area contributed by atoms with Gasteiger partial charge in [-0.05, 0) is 42.5 Å². The number of rotatable bonds is 5. The third-order valence-electron chi connectivity index (χ3n) is 3.01. The van der Waals surface area contributed by atoms with Crippen molar-refractivity contribution in [3.05, 3.63) is 35.4 Å². The Morgan fingerprint density at radius 1 is 1.25 bits per heavy atom. The number of hydrogen-bond donors (Lipinski definition) is 0. The minimum Gasteiger partial charge on any atom is -0.494 e. The van der Waals surface area contributed by atoms with Crippen LogP contribution in [-0.2, 0) is 6.42 Å². The van der Waals surface area contributed by atoms with E-state index in [4.69, 9.17) is 4.74 Å². The van der Waals surface area contributed by atoms with E-state index >= 15 is 0 Å². The SMILES string of the molecule is CCCCCOc1ccc2c(c1)C=CCC2. The molecule has 0 atom stereocenters. The Labute approximate surface area is 98.1 Å². The van der Waals surface area contributed by atoms with Crippen LogP contribution in [0.4, 0.5) is 0 Å². The van der Waals surface area contributed by atoms with Gasteiger partial charge in [-0.25, -0.2) is 0 Å². The largest absolute Gasteiger partial charge is 0.494 e. The number of allylic oxidation sites excluding steroid dienone is 1. The van der Waals surface area contributed by atoms with Crippen molar-refractivity contribution in [1.29, 1.82) is 0 Å². The van der Waals surface area contributed by atoms with Crippen molar-refractivity contribution in [3.63, 3.8) is 0 Å². The fraction of sp³-hybridized carbons (Fsp3) is 0.467. The number of unbranched alkanes of at least 4 members (excludes halogenated alkanes) is 2. The monoisotopic (exact) mass is 216 g/mol. The Morgan fingerprint density at radius 2 is 2.19 bits per heavy atom. The van der Waals surface area contributed by atoms with Crippen LogP contribution in [0.15, 0.2) is 24.3 Å². The van der Waals surface area contributed by atoms with Crippen LogP contribution in [0.5, 0.6) is 5.75 Å². The molecule has 1 aromatic rings. The van der Waals surface area contributed by atoms with Gasteiger partial charge >= 0.3 is 0 Å². The Bertz CT molecular complexity index is 366. The standard InChI is InChI=1S/C15H20O/c1-2-3-6-11-16-15-10-9-13-7-4-5-8-14(13)12-15/h5,8-10,12H,2-4,6-7,11H2,1H3. The number of hydrogen-bond acceptors (Lipinski definition) is 1. The first-order valence-corrected chi connectivity index (χ1v) is 6.32. The molecule has 1 heteroatoms. The first kappa shape index (κ1) is 11.3. The molecule has 0 bridgehead atoms. The van der Waals surface area contributed by atoms with Crippen LogP contribution in [0.3, 0.4) is 0 Å². The average Bonchev–Trinajstić information content (AvgIpc) is 2.34. The van der Waals surface area contributed by atoms with E-state index in [1.54, 1.807) is 0 Å². The van der Waals surface area contributed by atoms with Gasteiger partial charge in [-0.1, -0.05) is 38.0 Å². The van der Waals surface area contributed by atoms with Crippen LogP contribution in [-0.4, -0.2) is 6.61 Å². The third kappa shape index (κ3) is 2.88. The molecule has 0 amide bonds. The highest BCUT2D eigenvalue weighted by Gasteiger charge is 2.05. The van der Waals surface area contributed by atoms with Crippen LogP contribution in [0, 0.1) is 0 Å². The van der Waals surface area contributed by atoms with Crippen molar-refractivity contribution in [2.45, 2.75) is 39.0 Å². The Hall–Kier alpha value is -1.24. The molecular weight excluding hydrogens is 196 g/mol. The summed E-state index contributed by atoms with van der Waals surface area (Å²) in [5, 5.41) is 0. The summed E-state index contributed by atoms with van der Waals surface area (Å²) < 4.78 is 5.74. The van der Waals surface area contributed by atoms with E-state index in [1.165, 1.54) is 36.8 Å². The summed E-state index contributed by atoms with van der Waals surface area (Å²) in [4.78, 5) is 0. The maximum atomic E-state index is 5.74. The molecule has 0 saturated carbocycles. The lowest BCUT2D eigenvalue weighted by atomic mass is 9.97. The van der Waals surface area contributed by atoms with Gasteiger partial charge in [0.25, 0.3) is 0 Å². The summed E-state index contributed by atoms with van der Waals surface area (Å²) in [5.74, 6) is 1.02. The quantitative estimate of drug-likeness (QED) is 0.670. The second-order valence-corrected chi connectivity index (χ2v) is 4.36. The normalized spacial score (nSPS) is 13.6. The molecule has 2 rings (SSSR count). The van der Waals surface area contributed by atoms with E-state index in [9.17, 15) is 0 Å². The zero-order valence-electron chi connectivity index (χ0n) is 10.0. The molecule has 0 heterocycles. The second-order valence-electron chi connectivity index (χ2n) is 4.36. The molecule has 1 nitrogen and oxygen atoms in total. The van der Waals surface area contributed by atoms with E-state index in [1.807, 2.05) is 0 Å². The van der Waals surface area contributed by atoms with Crippen molar-refractivity contribution < 1.29 is 4.74 Å². The number of benzene rings is 1. The molecule has 0 fully saturated rings. The van der Waals surface area contributed by atoms with Crippen molar-refractivity contribution in [2.24, 2.45) is 0 Å². The van der Waals surface area contributed by atoms with Gasteiger partial charge in [-0.2, -0.15) is 0 Å². The van der Waals surface area contributed by atoms with Gasteiger partial charge in [0, 0.05) is 0 Å². The molecule has 0 aromatic heterocycles. The van der Waals surface area contributed by atoms with Crippen LogP contribution >= 0.6 is 0 Å². The lowest BCUT2D eigenvalue weighted by Crippen LogP contribution is -1.99. The smallest absolute Gasteiger partial charge is 0.119 e. The third-order valence-corrected chi connectivity index (χ3v) is 3.01. The van der Waals surface area contributed by atoms with Gasteiger partial charge in [0.1, 0.15) is 5.75 Å². The van der Waals surface area contributed by atoms with Gasteiger partial charge in [0.2, 0.25) is 0 Å². The Balaban J connectivity index is 1.93. The lowest BCUT2D eigenvalue weighted by Gasteiger charge is -2.12. The molecule has 1 aliphatic rings. The molecule has 0 aliphatic heterocycles. The highest BCUT2D eigenvalue weighted by molar-refractivity contribution is 5.58. The zero-order chi connectivity index (χ0) is 11.2. The molecule has 0 N–H and O–H groups in total. The molecule has 16 heavy (non-hydrogen) atoms. The van der Waals surface area contributed by atoms with Crippen LogP contribution in [0.1, 0.15) is 43.7 Å². The Kier molecular flexibility index (Phi) is 4.03.